The van der Waals surface area contributed by atoms with Crippen LogP contribution in [0.4, 0.5) is 4.79 Å². The molecule has 2 amide bonds. The Kier molecular flexibility index (Phi) is 8.23. The summed E-state index contributed by atoms with van der Waals surface area (Å²) in [5.74, 6) is -0.511. The van der Waals surface area contributed by atoms with E-state index < -0.39 is 22.0 Å². The van der Waals surface area contributed by atoms with Crippen LogP contribution in [-0.2, 0) is 19.6 Å². The van der Waals surface area contributed by atoms with Crippen molar-refractivity contribution >= 4 is 33.6 Å². The largest absolute Gasteiger partial charge is 0.463 e. The lowest BCUT2D eigenvalue weighted by atomic mass is 9.94. The average molecular weight is 547 g/mol. The molecule has 2 aromatic rings. The van der Waals surface area contributed by atoms with Crippen molar-refractivity contribution in [3.05, 3.63) is 76.5 Å². The highest BCUT2D eigenvalue weighted by molar-refractivity contribution is 7.89. The number of carbonyl (C=O) groups excluding carboxylic acids is 2. The number of amides is 2. The van der Waals surface area contributed by atoms with E-state index in [0.29, 0.717) is 34.9 Å². The maximum atomic E-state index is 13.2. The zero-order chi connectivity index (χ0) is 26.7. The number of hydrogen-bond acceptors (Lipinski definition) is 6. The molecule has 11 heteroatoms. The zero-order valence-corrected chi connectivity index (χ0v) is 22.6. The Morgan fingerprint density at radius 1 is 1.11 bits per heavy atom. The van der Waals surface area contributed by atoms with Gasteiger partial charge >= 0.3 is 12.0 Å². The standard InChI is InChI=1S/C26H31ClN4O5S/c1-4-36-25(32)23-22(29(3)26(33)28-24(23)19-10-12-20(27)13-11-19)17-30-14-15-31(18(2)16-30)37(34,35)21-8-6-5-7-9-21/h5-13,18,24H,4,14-17H2,1-3H3,(H,28,33)/t18-,24-/m1/s1. The van der Waals surface area contributed by atoms with Gasteiger partial charge in [-0.1, -0.05) is 41.9 Å². The quantitative estimate of drug-likeness (QED) is 0.535. The molecule has 2 atom stereocenters. The van der Waals surface area contributed by atoms with Gasteiger partial charge < -0.3 is 10.1 Å². The first-order chi connectivity index (χ1) is 17.6. The number of piperazine rings is 1. The molecule has 2 aromatic carbocycles. The molecule has 1 fully saturated rings. The van der Waals surface area contributed by atoms with Gasteiger partial charge in [0.1, 0.15) is 0 Å². The summed E-state index contributed by atoms with van der Waals surface area (Å²) in [5.41, 5.74) is 1.57. The fourth-order valence-electron chi connectivity index (χ4n) is 4.76. The van der Waals surface area contributed by atoms with Gasteiger partial charge in [-0.25, -0.2) is 18.0 Å². The van der Waals surface area contributed by atoms with Crippen LogP contribution < -0.4 is 5.32 Å². The normalized spacial score (nSPS) is 21.6. The summed E-state index contributed by atoms with van der Waals surface area (Å²) in [5, 5.41) is 3.44. The van der Waals surface area contributed by atoms with Crippen LogP contribution in [0.25, 0.3) is 0 Å². The van der Waals surface area contributed by atoms with Gasteiger partial charge in [-0.2, -0.15) is 4.31 Å². The van der Waals surface area contributed by atoms with Crippen LogP contribution in [0, 0.1) is 0 Å². The van der Waals surface area contributed by atoms with E-state index >= 15 is 0 Å². The van der Waals surface area contributed by atoms with E-state index in [1.165, 1.54) is 9.21 Å². The second-order valence-corrected chi connectivity index (χ2v) is 11.4. The minimum Gasteiger partial charge on any atom is -0.463 e. The summed E-state index contributed by atoms with van der Waals surface area (Å²) in [6.45, 7) is 5.23. The van der Waals surface area contributed by atoms with E-state index in [9.17, 15) is 18.0 Å². The van der Waals surface area contributed by atoms with Gasteiger partial charge in [0, 0.05) is 50.0 Å². The number of nitrogens with zero attached hydrogens (tertiary/aromatic N) is 3. The number of rotatable bonds is 7. The van der Waals surface area contributed by atoms with Gasteiger partial charge in [0.05, 0.1) is 23.1 Å². The molecular formula is C26H31ClN4O5S. The minimum absolute atomic E-state index is 0.188. The van der Waals surface area contributed by atoms with Crippen molar-refractivity contribution in [2.45, 2.75) is 30.8 Å². The van der Waals surface area contributed by atoms with Crippen molar-refractivity contribution in [1.82, 2.24) is 19.4 Å². The number of hydrogen-bond donors (Lipinski definition) is 1. The Bertz CT molecular complexity index is 1280. The third kappa shape index (κ3) is 5.67. The van der Waals surface area contributed by atoms with Gasteiger partial charge in [-0.15, -0.1) is 0 Å². The third-order valence-electron chi connectivity index (χ3n) is 6.65. The van der Waals surface area contributed by atoms with Crippen molar-refractivity contribution in [3.63, 3.8) is 0 Å². The lowest BCUT2D eigenvalue weighted by Gasteiger charge is -2.41. The van der Waals surface area contributed by atoms with E-state index in [1.54, 1.807) is 68.6 Å². The summed E-state index contributed by atoms with van der Waals surface area (Å²) in [4.78, 5) is 29.8. The molecule has 0 unspecified atom stereocenters. The molecule has 198 valence electrons. The maximum Gasteiger partial charge on any atom is 0.338 e. The highest BCUT2D eigenvalue weighted by atomic mass is 35.5. The van der Waals surface area contributed by atoms with Crippen molar-refractivity contribution in [3.8, 4) is 0 Å². The molecule has 0 saturated carbocycles. The highest BCUT2D eigenvalue weighted by Gasteiger charge is 2.39. The number of nitrogens with one attached hydrogen (secondary N) is 1. The average Bonchev–Trinajstić information content (AvgIpc) is 2.87. The molecule has 2 aliphatic heterocycles. The van der Waals surface area contributed by atoms with E-state index in [1.807, 2.05) is 6.92 Å². The Hall–Kier alpha value is -2.92. The summed E-state index contributed by atoms with van der Waals surface area (Å²) in [6.07, 6.45) is 0. The summed E-state index contributed by atoms with van der Waals surface area (Å²) in [6, 6.07) is 14.0. The van der Waals surface area contributed by atoms with Gasteiger partial charge in [0.15, 0.2) is 0 Å². The molecule has 37 heavy (non-hydrogen) atoms. The first kappa shape index (κ1) is 27.1. The van der Waals surface area contributed by atoms with E-state index in [2.05, 4.69) is 10.2 Å². The Morgan fingerprint density at radius 3 is 2.41 bits per heavy atom. The predicted octanol–water partition coefficient (Wildman–Crippen LogP) is 3.25. The highest BCUT2D eigenvalue weighted by Crippen LogP contribution is 2.32. The number of halogens is 1. The number of esters is 1. The molecule has 2 heterocycles. The van der Waals surface area contributed by atoms with Gasteiger partial charge in [0.25, 0.3) is 0 Å². The van der Waals surface area contributed by atoms with E-state index in [-0.39, 0.29) is 36.7 Å². The second-order valence-electron chi connectivity index (χ2n) is 9.09. The van der Waals surface area contributed by atoms with Crippen molar-refractivity contribution in [2.75, 3.05) is 39.8 Å². The van der Waals surface area contributed by atoms with Crippen LogP contribution in [0.3, 0.4) is 0 Å². The number of benzene rings is 2. The van der Waals surface area contributed by atoms with Crippen LogP contribution in [-0.4, -0.2) is 80.4 Å². The number of likely N-dealkylation sites (N-methyl/N-ethyl adjacent to an activating group) is 1. The van der Waals surface area contributed by atoms with Crippen LogP contribution in [0.1, 0.15) is 25.5 Å². The topological polar surface area (TPSA) is 99.3 Å². The lowest BCUT2D eigenvalue weighted by Crippen LogP contribution is -2.56. The fraction of sp³-hybridized carbons (Fsp3) is 0.385. The molecule has 9 nitrogen and oxygen atoms in total. The van der Waals surface area contributed by atoms with Crippen LogP contribution in [0.15, 0.2) is 70.8 Å². The number of ether oxygens (including phenoxy) is 1. The second kappa shape index (κ2) is 11.2. The lowest BCUT2D eigenvalue weighted by molar-refractivity contribution is -0.139. The van der Waals surface area contributed by atoms with Gasteiger partial charge in [0.2, 0.25) is 10.0 Å². The van der Waals surface area contributed by atoms with Crippen LogP contribution in [0.5, 0.6) is 0 Å². The fourth-order valence-corrected chi connectivity index (χ4v) is 6.52. The van der Waals surface area contributed by atoms with Crippen LogP contribution >= 0.6 is 11.6 Å². The molecule has 0 bridgehead atoms. The van der Waals surface area contributed by atoms with Gasteiger partial charge in [-0.3, -0.25) is 9.80 Å². The Morgan fingerprint density at radius 2 is 1.78 bits per heavy atom. The smallest absolute Gasteiger partial charge is 0.338 e. The molecule has 0 aliphatic carbocycles. The molecule has 1 N–H and O–H groups in total. The SMILES string of the molecule is CCOC(=O)C1=C(CN2CCN(S(=O)(=O)c3ccccc3)[C@H](C)C2)N(C)C(=O)N[C@@H]1c1ccc(Cl)cc1. The number of carbonyl (C=O) groups is 2. The Balaban J connectivity index is 1.62. The monoisotopic (exact) mass is 546 g/mol. The summed E-state index contributed by atoms with van der Waals surface area (Å²) in [7, 11) is -2.02. The van der Waals surface area contributed by atoms with E-state index in [0.717, 1.165) is 0 Å². The van der Waals surface area contributed by atoms with Crippen molar-refractivity contribution in [1.29, 1.82) is 0 Å². The molecule has 2 aliphatic rings. The third-order valence-corrected chi connectivity index (χ3v) is 8.93. The summed E-state index contributed by atoms with van der Waals surface area (Å²) >= 11 is 6.05. The number of sulfonamides is 1. The molecule has 0 radical (unpaired) electrons. The summed E-state index contributed by atoms with van der Waals surface area (Å²) < 4.78 is 33.3. The molecule has 0 spiro atoms. The van der Waals surface area contributed by atoms with Crippen molar-refractivity contribution < 1.29 is 22.7 Å². The maximum absolute atomic E-state index is 13.2. The molecule has 0 aromatic heterocycles. The van der Waals surface area contributed by atoms with Gasteiger partial charge in [-0.05, 0) is 43.7 Å². The predicted molar refractivity (Wildman–Crippen MR) is 140 cm³/mol. The molecule has 4 rings (SSSR count). The first-order valence-electron chi connectivity index (χ1n) is 12.1. The Labute approximate surface area is 222 Å². The zero-order valence-electron chi connectivity index (χ0n) is 21.1. The first-order valence-corrected chi connectivity index (χ1v) is 13.9. The van der Waals surface area contributed by atoms with E-state index in [4.69, 9.17) is 16.3 Å². The molecule has 1 saturated heterocycles. The molecular weight excluding hydrogens is 516 g/mol. The number of urea groups is 1. The van der Waals surface area contributed by atoms with Crippen LogP contribution in [0.2, 0.25) is 5.02 Å². The minimum atomic E-state index is -3.63. The van der Waals surface area contributed by atoms with Crippen molar-refractivity contribution in [2.24, 2.45) is 0 Å².